The van der Waals surface area contributed by atoms with Crippen LogP contribution in [0.25, 0.3) is 0 Å². The number of halogens is 1. The van der Waals surface area contributed by atoms with Crippen LogP contribution in [0, 0.1) is 0 Å². The first kappa shape index (κ1) is 14.9. The Bertz CT molecular complexity index is 596. The molecule has 1 aromatic carbocycles. The molecule has 104 valence electrons. The third-order valence-electron chi connectivity index (χ3n) is 3.38. The van der Waals surface area contributed by atoms with Crippen LogP contribution in [0.5, 0.6) is 0 Å². The predicted octanol–water partition coefficient (Wildman–Crippen LogP) is 2.33. The van der Waals surface area contributed by atoms with Crippen molar-refractivity contribution in [1.29, 1.82) is 0 Å². The van der Waals surface area contributed by atoms with Crippen molar-refractivity contribution < 1.29 is 8.42 Å². The normalized spacial score (nSPS) is 18.4. The monoisotopic (exact) mass is 362 g/mol. The van der Waals surface area contributed by atoms with Crippen molar-refractivity contribution in [1.82, 2.24) is 4.72 Å². The van der Waals surface area contributed by atoms with Crippen molar-refractivity contribution in [2.24, 2.45) is 5.73 Å². The number of benzene rings is 1. The zero-order valence-corrected chi connectivity index (χ0v) is 13.4. The molecule has 1 aliphatic carbocycles. The predicted molar refractivity (Wildman–Crippen MR) is 82.4 cm³/mol. The Morgan fingerprint density at radius 2 is 1.89 bits per heavy atom. The van der Waals surface area contributed by atoms with Crippen LogP contribution in [0.3, 0.4) is 0 Å². The van der Waals surface area contributed by atoms with Gasteiger partial charge >= 0.3 is 0 Å². The highest BCUT2D eigenvalue weighted by Crippen LogP contribution is 2.32. The fourth-order valence-corrected chi connectivity index (χ4v) is 5.12. The molecule has 19 heavy (non-hydrogen) atoms. The highest BCUT2D eigenvalue weighted by Gasteiger charge is 2.40. The molecule has 7 heteroatoms. The average Bonchev–Trinajstić information content (AvgIpc) is 2.78. The minimum absolute atomic E-state index is 0.206. The lowest BCUT2D eigenvalue weighted by atomic mass is 10.00. The molecule has 0 spiro atoms. The summed E-state index contributed by atoms with van der Waals surface area (Å²) in [7, 11) is -3.64. The van der Waals surface area contributed by atoms with Gasteiger partial charge in [-0.3, -0.25) is 0 Å². The Morgan fingerprint density at radius 3 is 2.42 bits per heavy atom. The van der Waals surface area contributed by atoms with E-state index in [0.29, 0.717) is 17.3 Å². The number of hydrogen-bond acceptors (Lipinski definition) is 3. The Labute approximate surface area is 126 Å². The van der Waals surface area contributed by atoms with Crippen molar-refractivity contribution in [3.05, 3.63) is 28.7 Å². The third kappa shape index (κ3) is 2.99. The van der Waals surface area contributed by atoms with Gasteiger partial charge in [-0.15, -0.1) is 0 Å². The quantitative estimate of drug-likeness (QED) is 0.806. The van der Waals surface area contributed by atoms with Crippen LogP contribution in [-0.4, -0.2) is 18.9 Å². The molecule has 0 atom stereocenters. The van der Waals surface area contributed by atoms with E-state index in [0.717, 1.165) is 12.8 Å². The van der Waals surface area contributed by atoms with Crippen LogP contribution in [-0.2, 0) is 10.0 Å². The molecular weight excluding hydrogens is 348 g/mol. The largest absolute Gasteiger partial charge is 0.392 e. The van der Waals surface area contributed by atoms with Gasteiger partial charge in [0, 0.05) is 4.47 Å². The van der Waals surface area contributed by atoms with E-state index in [1.54, 1.807) is 24.3 Å². The molecule has 0 heterocycles. The van der Waals surface area contributed by atoms with Gasteiger partial charge in [-0.2, -0.15) is 4.72 Å². The fraction of sp³-hybridized carbons (Fsp3) is 0.417. The Balaban J connectivity index is 2.36. The molecule has 0 amide bonds. The minimum Gasteiger partial charge on any atom is -0.392 e. The number of nitrogens with two attached hydrogens (primary N) is 1. The first-order valence-electron chi connectivity index (χ1n) is 5.96. The molecule has 4 nitrogen and oxygen atoms in total. The zero-order valence-electron chi connectivity index (χ0n) is 10.2. The average molecular weight is 363 g/mol. The first-order chi connectivity index (χ1) is 8.87. The lowest BCUT2D eigenvalue weighted by Gasteiger charge is -2.28. The molecule has 1 aromatic rings. The second-order valence-corrected chi connectivity index (χ2v) is 7.63. The van der Waals surface area contributed by atoms with Crippen molar-refractivity contribution in [2.75, 3.05) is 0 Å². The second-order valence-electron chi connectivity index (χ2n) is 4.69. The summed E-state index contributed by atoms with van der Waals surface area (Å²) < 4.78 is 28.2. The van der Waals surface area contributed by atoms with Crippen LogP contribution in [0.15, 0.2) is 33.6 Å². The standard InChI is InChI=1S/C12H15BrN2O2S2/c13-9-5-1-2-6-10(9)19(16,17)15-12(11(14)18)7-3-4-8-12/h1-2,5-6,15H,3-4,7-8H2,(H2,14,18). The number of nitrogens with one attached hydrogen (secondary N) is 1. The summed E-state index contributed by atoms with van der Waals surface area (Å²) in [5.74, 6) is 0. The van der Waals surface area contributed by atoms with Gasteiger partial charge in [0.2, 0.25) is 10.0 Å². The van der Waals surface area contributed by atoms with E-state index in [1.807, 2.05) is 0 Å². The van der Waals surface area contributed by atoms with E-state index in [-0.39, 0.29) is 9.88 Å². The van der Waals surface area contributed by atoms with E-state index in [1.165, 1.54) is 0 Å². The number of hydrogen-bond donors (Lipinski definition) is 2. The van der Waals surface area contributed by atoms with Gasteiger partial charge in [-0.05, 0) is 40.9 Å². The lowest BCUT2D eigenvalue weighted by Crippen LogP contribution is -2.54. The highest BCUT2D eigenvalue weighted by atomic mass is 79.9. The fourth-order valence-electron chi connectivity index (χ4n) is 2.35. The summed E-state index contributed by atoms with van der Waals surface area (Å²) in [6.45, 7) is 0. The highest BCUT2D eigenvalue weighted by molar-refractivity contribution is 9.10. The molecule has 0 saturated heterocycles. The molecular formula is C12H15BrN2O2S2. The van der Waals surface area contributed by atoms with Crippen molar-refractivity contribution in [3.63, 3.8) is 0 Å². The third-order valence-corrected chi connectivity index (χ3v) is 6.32. The molecule has 1 aliphatic rings. The van der Waals surface area contributed by atoms with E-state index < -0.39 is 15.6 Å². The van der Waals surface area contributed by atoms with Gasteiger partial charge in [0.15, 0.2) is 0 Å². The van der Waals surface area contributed by atoms with Gasteiger partial charge < -0.3 is 5.73 Å². The van der Waals surface area contributed by atoms with Crippen LogP contribution in [0.2, 0.25) is 0 Å². The van der Waals surface area contributed by atoms with Crippen LogP contribution >= 0.6 is 28.1 Å². The molecule has 2 rings (SSSR count). The molecule has 1 fully saturated rings. The maximum Gasteiger partial charge on any atom is 0.242 e. The van der Waals surface area contributed by atoms with Gasteiger partial charge in [0.05, 0.1) is 15.4 Å². The summed E-state index contributed by atoms with van der Waals surface area (Å²) in [5.41, 5.74) is 4.97. The summed E-state index contributed by atoms with van der Waals surface area (Å²) in [5, 5.41) is 0. The zero-order chi connectivity index (χ0) is 14.1. The lowest BCUT2D eigenvalue weighted by molar-refractivity contribution is 0.502. The van der Waals surface area contributed by atoms with Crippen molar-refractivity contribution in [2.45, 2.75) is 36.1 Å². The smallest absolute Gasteiger partial charge is 0.242 e. The molecule has 0 unspecified atom stereocenters. The molecule has 0 aromatic heterocycles. The topological polar surface area (TPSA) is 72.2 Å². The summed E-state index contributed by atoms with van der Waals surface area (Å²) in [6.07, 6.45) is 3.17. The Kier molecular flexibility index (Phi) is 4.29. The Hall–Kier alpha value is -0.500. The molecule has 0 aliphatic heterocycles. The van der Waals surface area contributed by atoms with Gasteiger partial charge in [-0.1, -0.05) is 37.2 Å². The first-order valence-corrected chi connectivity index (χ1v) is 8.64. The second kappa shape index (κ2) is 5.47. The summed E-state index contributed by atoms with van der Waals surface area (Å²) in [4.78, 5) is 0.429. The van der Waals surface area contributed by atoms with Crippen LogP contribution < -0.4 is 10.5 Å². The minimum atomic E-state index is -3.64. The summed E-state index contributed by atoms with van der Waals surface area (Å²) in [6, 6.07) is 6.69. The summed E-state index contributed by atoms with van der Waals surface area (Å²) >= 11 is 8.31. The van der Waals surface area contributed by atoms with Crippen LogP contribution in [0.4, 0.5) is 0 Å². The Morgan fingerprint density at radius 1 is 1.32 bits per heavy atom. The van der Waals surface area contributed by atoms with E-state index in [4.69, 9.17) is 18.0 Å². The number of thiocarbonyl (C=S) groups is 1. The van der Waals surface area contributed by atoms with Gasteiger partial charge in [0.1, 0.15) is 0 Å². The SMILES string of the molecule is NC(=S)C1(NS(=O)(=O)c2ccccc2Br)CCCC1. The van der Waals surface area contributed by atoms with Gasteiger partial charge in [0.25, 0.3) is 0 Å². The maximum atomic E-state index is 12.5. The van der Waals surface area contributed by atoms with Gasteiger partial charge in [-0.25, -0.2) is 8.42 Å². The van der Waals surface area contributed by atoms with E-state index in [9.17, 15) is 8.42 Å². The molecule has 0 bridgehead atoms. The van der Waals surface area contributed by atoms with E-state index >= 15 is 0 Å². The molecule has 3 N–H and O–H groups in total. The molecule has 1 saturated carbocycles. The number of sulfonamides is 1. The maximum absolute atomic E-state index is 12.5. The van der Waals surface area contributed by atoms with Crippen molar-refractivity contribution in [3.8, 4) is 0 Å². The van der Waals surface area contributed by atoms with Crippen LogP contribution in [0.1, 0.15) is 25.7 Å². The number of rotatable bonds is 4. The molecule has 0 radical (unpaired) electrons. The van der Waals surface area contributed by atoms with Crippen molar-refractivity contribution >= 4 is 43.2 Å². The van der Waals surface area contributed by atoms with E-state index in [2.05, 4.69) is 20.7 Å².